The van der Waals surface area contributed by atoms with Gasteiger partial charge in [-0.3, -0.25) is 14.8 Å². The Labute approximate surface area is 147 Å². The van der Waals surface area contributed by atoms with E-state index in [2.05, 4.69) is 10.3 Å². The number of aliphatic hydroxyl groups excluding tert-OH is 1. The van der Waals surface area contributed by atoms with Gasteiger partial charge >= 0.3 is 0 Å². The Morgan fingerprint density at radius 1 is 1.19 bits per heavy atom. The number of aromatic nitrogens is 1. The number of hydrogen-bond acceptors (Lipinski definition) is 6. The van der Waals surface area contributed by atoms with Crippen molar-refractivity contribution in [3.8, 4) is 5.75 Å². The lowest BCUT2D eigenvalue weighted by atomic mass is 10.0. The van der Waals surface area contributed by atoms with Crippen LogP contribution in [0.4, 0.5) is 4.39 Å². The summed E-state index contributed by atoms with van der Waals surface area (Å²) in [4.78, 5) is 27.7. The minimum absolute atomic E-state index is 0.104. The molecule has 2 aromatic rings. The van der Waals surface area contributed by atoms with Gasteiger partial charge in [0, 0.05) is 11.8 Å². The normalized spacial score (nSPS) is 14.6. The predicted molar refractivity (Wildman–Crippen MR) is 85.9 cm³/mol. The number of carbonyl (C=O) groups is 2. The van der Waals surface area contributed by atoms with Crippen molar-refractivity contribution in [1.82, 2.24) is 15.8 Å². The van der Waals surface area contributed by atoms with Gasteiger partial charge in [-0.1, -0.05) is 12.1 Å². The molecule has 26 heavy (non-hydrogen) atoms. The molecule has 136 valence electrons. The van der Waals surface area contributed by atoms with Gasteiger partial charge in [0.05, 0.1) is 17.7 Å². The van der Waals surface area contributed by atoms with Crippen LogP contribution in [0.2, 0.25) is 0 Å². The summed E-state index contributed by atoms with van der Waals surface area (Å²) in [5.41, 5.74) is 0.606. The third-order valence-electron chi connectivity index (χ3n) is 4.38. The van der Waals surface area contributed by atoms with Crippen molar-refractivity contribution in [2.45, 2.75) is 25.0 Å². The quantitative estimate of drug-likeness (QED) is 0.398. The number of carbonyl (C=O) groups excluding carboxylic acids is 2. The van der Waals surface area contributed by atoms with Crippen LogP contribution in [0.1, 0.15) is 44.8 Å². The van der Waals surface area contributed by atoms with Gasteiger partial charge in [0.1, 0.15) is 5.82 Å². The van der Waals surface area contributed by atoms with E-state index in [4.69, 9.17) is 5.21 Å². The molecule has 1 saturated carbocycles. The van der Waals surface area contributed by atoms with Crippen molar-refractivity contribution < 1.29 is 29.4 Å². The Hall–Kier alpha value is -3.04. The number of aliphatic hydroxyl groups is 1. The van der Waals surface area contributed by atoms with E-state index in [1.165, 1.54) is 17.6 Å². The zero-order valence-electron chi connectivity index (χ0n) is 13.5. The van der Waals surface area contributed by atoms with Crippen LogP contribution in [0, 0.1) is 5.82 Å². The van der Waals surface area contributed by atoms with E-state index in [9.17, 15) is 24.2 Å². The second kappa shape index (κ2) is 6.70. The van der Waals surface area contributed by atoms with E-state index in [1.807, 2.05) is 0 Å². The highest BCUT2D eigenvalue weighted by Crippen LogP contribution is 2.45. The van der Waals surface area contributed by atoms with Crippen molar-refractivity contribution in [2.24, 2.45) is 0 Å². The number of amides is 2. The molecule has 2 amide bonds. The standard InChI is InChI=1S/C17H16FN3O5/c18-10-3-1-9(2-4-10)17(5-6-17)20-15(24)11-7-19-13(16(25)21-26)14(23)12(11)8-22/h1-4,7,22-23,26H,5-6,8H2,(H,20,24)(H,21,25). The number of aromatic hydroxyl groups is 1. The van der Waals surface area contributed by atoms with E-state index in [-0.39, 0.29) is 16.9 Å². The van der Waals surface area contributed by atoms with Crippen molar-refractivity contribution >= 4 is 11.8 Å². The van der Waals surface area contributed by atoms with Crippen LogP contribution in [0.3, 0.4) is 0 Å². The Morgan fingerprint density at radius 2 is 1.85 bits per heavy atom. The fraction of sp³-hybridized carbons (Fsp3) is 0.235. The average Bonchev–Trinajstić information content (AvgIpc) is 3.41. The lowest BCUT2D eigenvalue weighted by molar-refractivity contribution is 0.0696. The molecule has 1 fully saturated rings. The van der Waals surface area contributed by atoms with Gasteiger partial charge in [0.15, 0.2) is 11.4 Å². The van der Waals surface area contributed by atoms with Crippen molar-refractivity contribution in [3.05, 3.63) is 58.7 Å². The number of hydrogen-bond donors (Lipinski definition) is 5. The fourth-order valence-electron chi connectivity index (χ4n) is 2.78. The van der Waals surface area contributed by atoms with E-state index < -0.39 is 35.4 Å². The molecule has 0 saturated heterocycles. The largest absolute Gasteiger partial charge is 0.505 e. The fourth-order valence-corrected chi connectivity index (χ4v) is 2.78. The molecule has 5 N–H and O–H groups in total. The summed E-state index contributed by atoms with van der Waals surface area (Å²) in [5.74, 6) is -2.76. The number of rotatable bonds is 5. The number of nitrogens with one attached hydrogen (secondary N) is 2. The predicted octanol–water partition coefficient (Wildman–Crippen LogP) is 0.957. The van der Waals surface area contributed by atoms with Gasteiger partial charge in [-0.05, 0) is 30.5 Å². The molecule has 3 rings (SSSR count). The molecule has 1 heterocycles. The molecular weight excluding hydrogens is 345 g/mol. The van der Waals surface area contributed by atoms with Crippen LogP contribution in [-0.4, -0.2) is 32.2 Å². The van der Waals surface area contributed by atoms with Crippen LogP contribution >= 0.6 is 0 Å². The number of nitrogens with zero attached hydrogens (tertiary/aromatic N) is 1. The molecule has 0 bridgehead atoms. The zero-order valence-corrected chi connectivity index (χ0v) is 13.5. The zero-order chi connectivity index (χ0) is 18.9. The van der Waals surface area contributed by atoms with Gasteiger partial charge in [-0.25, -0.2) is 14.9 Å². The molecule has 8 nitrogen and oxygen atoms in total. The molecule has 0 spiro atoms. The summed E-state index contributed by atoms with van der Waals surface area (Å²) < 4.78 is 13.1. The van der Waals surface area contributed by atoms with Crippen molar-refractivity contribution in [1.29, 1.82) is 0 Å². The van der Waals surface area contributed by atoms with E-state index in [0.717, 1.165) is 11.8 Å². The van der Waals surface area contributed by atoms with E-state index in [0.29, 0.717) is 12.8 Å². The number of pyridine rings is 1. The lowest BCUT2D eigenvalue weighted by Crippen LogP contribution is -2.35. The molecule has 0 aliphatic heterocycles. The monoisotopic (exact) mass is 361 g/mol. The maximum absolute atomic E-state index is 13.1. The van der Waals surface area contributed by atoms with Crippen LogP contribution in [-0.2, 0) is 12.1 Å². The van der Waals surface area contributed by atoms with Gasteiger partial charge in [0.2, 0.25) is 0 Å². The first kappa shape index (κ1) is 17.8. The van der Waals surface area contributed by atoms with Crippen molar-refractivity contribution in [2.75, 3.05) is 0 Å². The highest BCUT2D eigenvalue weighted by molar-refractivity contribution is 6.00. The average molecular weight is 361 g/mol. The summed E-state index contributed by atoms with van der Waals surface area (Å²) in [7, 11) is 0. The maximum atomic E-state index is 13.1. The molecule has 1 aromatic heterocycles. The van der Waals surface area contributed by atoms with Gasteiger partial charge in [-0.15, -0.1) is 0 Å². The first-order valence-electron chi connectivity index (χ1n) is 7.76. The number of hydroxylamine groups is 1. The molecule has 0 radical (unpaired) electrons. The summed E-state index contributed by atoms with van der Waals surface area (Å²) in [6, 6.07) is 5.77. The molecule has 0 unspecified atom stereocenters. The first-order chi connectivity index (χ1) is 12.4. The third kappa shape index (κ3) is 3.09. The topological polar surface area (TPSA) is 132 Å². The van der Waals surface area contributed by atoms with Gasteiger partial charge in [0.25, 0.3) is 11.8 Å². The number of benzene rings is 1. The Bertz CT molecular complexity index is 865. The Kier molecular flexibility index (Phi) is 4.58. The Morgan fingerprint density at radius 3 is 2.38 bits per heavy atom. The van der Waals surface area contributed by atoms with E-state index in [1.54, 1.807) is 12.1 Å². The smallest absolute Gasteiger partial charge is 0.297 e. The maximum Gasteiger partial charge on any atom is 0.297 e. The van der Waals surface area contributed by atoms with Crippen LogP contribution in [0.25, 0.3) is 0 Å². The summed E-state index contributed by atoms with van der Waals surface area (Å²) in [6.45, 7) is -0.716. The third-order valence-corrected chi connectivity index (χ3v) is 4.38. The van der Waals surface area contributed by atoms with Crippen LogP contribution in [0.15, 0.2) is 30.5 Å². The highest BCUT2D eigenvalue weighted by atomic mass is 19.1. The molecule has 0 atom stereocenters. The molecule has 1 aliphatic rings. The highest BCUT2D eigenvalue weighted by Gasteiger charge is 2.46. The Balaban J connectivity index is 1.89. The minimum atomic E-state index is -1.07. The molecular formula is C17H16FN3O5. The molecule has 1 aromatic carbocycles. The first-order valence-corrected chi connectivity index (χ1v) is 7.76. The van der Waals surface area contributed by atoms with E-state index >= 15 is 0 Å². The van der Waals surface area contributed by atoms with Gasteiger partial charge in [-0.2, -0.15) is 0 Å². The summed E-state index contributed by atoms with van der Waals surface area (Å²) in [5, 5.41) is 31.0. The SMILES string of the molecule is O=C(NC1(c2ccc(F)cc2)CC1)c1cnc(C(=O)NO)c(O)c1CO. The molecule has 1 aliphatic carbocycles. The van der Waals surface area contributed by atoms with Gasteiger partial charge < -0.3 is 15.5 Å². The summed E-state index contributed by atoms with van der Waals surface area (Å²) in [6.07, 6.45) is 2.35. The second-order valence-corrected chi connectivity index (χ2v) is 5.99. The van der Waals surface area contributed by atoms with Crippen LogP contribution in [0.5, 0.6) is 5.75 Å². The summed E-state index contributed by atoms with van der Waals surface area (Å²) >= 11 is 0. The number of halogens is 1. The minimum Gasteiger partial charge on any atom is -0.505 e. The van der Waals surface area contributed by atoms with Crippen molar-refractivity contribution in [3.63, 3.8) is 0 Å². The molecule has 9 heteroatoms. The van der Waals surface area contributed by atoms with Crippen LogP contribution < -0.4 is 10.8 Å². The second-order valence-electron chi connectivity index (χ2n) is 5.99. The lowest BCUT2D eigenvalue weighted by Gasteiger charge is -2.19.